The first-order valence-corrected chi connectivity index (χ1v) is 14.8. The van der Waals surface area contributed by atoms with Crippen molar-refractivity contribution in [3.05, 3.63) is 132 Å². The zero-order chi connectivity index (χ0) is 30.4. The van der Waals surface area contributed by atoms with Crippen LogP contribution in [0.4, 0.5) is 5.69 Å². The molecule has 4 amide bonds. The highest BCUT2D eigenvalue weighted by Gasteiger charge is 2.72. The van der Waals surface area contributed by atoms with Gasteiger partial charge in [0.2, 0.25) is 23.6 Å². The molecule has 3 aliphatic heterocycles. The third-order valence-corrected chi connectivity index (χ3v) is 9.17. The Labute approximate surface area is 256 Å². The maximum absolute atomic E-state index is 14.5. The Morgan fingerprint density at radius 3 is 1.98 bits per heavy atom. The molecule has 0 aliphatic carbocycles. The number of rotatable bonds is 6. The lowest BCUT2D eigenvalue weighted by molar-refractivity contribution is -0.165. The third kappa shape index (κ3) is 4.35. The first kappa shape index (κ1) is 27.5. The average Bonchev–Trinajstić information content (AvgIpc) is 3.49. The molecule has 0 aromatic heterocycles. The van der Waals surface area contributed by atoms with Crippen LogP contribution in [0.15, 0.2) is 121 Å². The predicted molar refractivity (Wildman–Crippen MR) is 168 cm³/mol. The van der Waals surface area contributed by atoms with E-state index in [0.717, 1.165) is 22.3 Å². The monoisotopic (exact) mass is 581 g/mol. The molecule has 0 spiro atoms. The van der Waals surface area contributed by atoms with Crippen molar-refractivity contribution in [2.24, 2.45) is 11.8 Å². The van der Waals surface area contributed by atoms with Crippen LogP contribution in [0.25, 0.3) is 17.2 Å². The molecule has 4 aromatic carbocycles. The number of piperazine rings is 1. The molecule has 3 fully saturated rings. The van der Waals surface area contributed by atoms with Gasteiger partial charge in [0.1, 0.15) is 12.1 Å². The highest BCUT2D eigenvalue weighted by molar-refractivity contribution is 6.25. The molecule has 7 rings (SSSR count). The zero-order valence-corrected chi connectivity index (χ0v) is 24.2. The van der Waals surface area contributed by atoms with Crippen LogP contribution in [-0.2, 0) is 25.7 Å². The summed E-state index contributed by atoms with van der Waals surface area (Å²) in [5.41, 5.74) is 2.85. The van der Waals surface area contributed by atoms with E-state index in [4.69, 9.17) is 0 Å². The third-order valence-electron chi connectivity index (χ3n) is 9.17. The summed E-state index contributed by atoms with van der Waals surface area (Å²) in [5, 5.41) is 0. The Morgan fingerprint density at radius 1 is 0.727 bits per heavy atom. The number of hydrogen-bond donors (Lipinski definition) is 0. The number of anilines is 1. The van der Waals surface area contributed by atoms with E-state index in [9.17, 15) is 19.2 Å². The molecule has 0 saturated carbocycles. The van der Waals surface area contributed by atoms with Gasteiger partial charge in [-0.2, -0.15) is 0 Å². The molecule has 3 aliphatic rings. The lowest BCUT2D eigenvalue weighted by Gasteiger charge is -2.46. The van der Waals surface area contributed by atoms with Crippen molar-refractivity contribution in [1.29, 1.82) is 0 Å². The van der Waals surface area contributed by atoms with Gasteiger partial charge >= 0.3 is 0 Å². The summed E-state index contributed by atoms with van der Waals surface area (Å²) >= 11 is 0. The van der Waals surface area contributed by atoms with Crippen molar-refractivity contribution in [3.63, 3.8) is 0 Å². The summed E-state index contributed by atoms with van der Waals surface area (Å²) in [7, 11) is 0. The maximum Gasteiger partial charge on any atom is 0.249 e. The molecule has 44 heavy (non-hydrogen) atoms. The Hall–Kier alpha value is -5.30. The highest BCUT2D eigenvalue weighted by Crippen LogP contribution is 2.52. The Morgan fingerprint density at radius 2 is 1.32 bits per heavy atom. The molecular weight excluding hydrogens is 550 g/mol. The minimum atomic E-state index is -1.52. The van der Waals surface area contributed by atoms with Crippen molar-refractivity contribution >= 4 is 35.4 Å². The molecule has 4 aromatic rings. The SMILES string of the molecule is C[C@@]12C(=O)N(Cc3ccc(-c4ccccc4)cc3)CC(=O)N1C(C=Cc1ccccc1)C1C(=O)N(c3ccccc3)C(=O)C12. The van der Waals surface area contributed by atoms with Crippen LogP contribution in [0.2, 0.25) is 0 Å². The number of para-hydroxylation sites is 1. The summed E-state index contributed by atoms with van der Waals surface area (Å²) in [6.45, 7) is 1.75. The fourth-order valence-electron chi connectivity index (χ4n) is 7.13. The molecule has 4 atom stereocenters. The highest BCUT2D eigenvalue weighted by atomic mass is 16.2. The number of carbonyl (C=O) groups is 4. The number of benzene rings is 4. The van der Waals surface area contributed by atoms with Crippen molar-refractivity contribution < 1.29 is 19.2 Å². The van der Waals surface area contributed by atoms with E-state index in [0.29, 0.717) is 5.69 Å². The van der Waals surface area contributed by atoms with Gasteiger partial charge in [0, 0.05) is 6.54 Å². The molecule has 218 valence electrons. The largest absolute Gasteiger partial charge is 0.327 e. The van der Waals surface area contributed by atoms with Gasteiger partial charge in [0.05, 0.1) is 23.6 Å². The number of fused-ring (bicyclic) bond motifs is 3. The van der Waals surface area contributed by atoms with Gasteiger partial charge in [-0.25, -0.2) is 4.90 Å². The second-order valence-electron chi connectivity index (χ2n) is 11.7. The summed E-state index contributed by atoms with van der Waals surface area (Å²) in [4.78, 5) is 60.8. The first-order chi connectivity index (χ1) is 21.4. The van der Waals surface area contributed by atoms with Gasteiger partial charge < -0.3 is 9.80 Å². The standard InChI is InChI=1S/C37H31N3O4/c1-37-33-32(34(42)39(35(33)43)29-15-9-4-10-16-29)30(22-19-25-11-5-2-6-12-25)40(37)31(41)24-38(36(37)44)23-26-17-20-28(21-18-26)27-13-7-3-8-14-27/h2-22,30,32-33H,23-24H2,1H3/t30?,32?,33?,37-/m1/s1. The Kier molecular flexibility index (Phi) is 6.73. The van der Waals surface area contributed by atoms with E-state index in [2.05, 4.69) is 0 Å². The van der Waals surface area contributed by atoms with Gasteiger partial charge in [0.15, 0.2) is 0 Å². The van der Waals surface area contributed by atoms with Gasteiger partial charge in [-0.1, -0.05) is 115 Å². The normalized spacial score (nSPS) is 24.8. The van der Waals surface area contributed by atoms with Crippen LogP contribution < -0.4 is 4.90 Å². The second-order valence-corrected chi connectivity index (χ2v) is 11.7. The molecule has 0 radical (unpaired) electrons. The topological polar surface area (TPSA) is 78.0 Å². The molecule has 3 heterocycles. The smallest absolute Gasteiger partial charge is 0.249 e. The van der Waals surface area contributed by atoms with E-state index < -0.39 is 35.2 Å². The van der Waals surface area contributed by atoms with Crippen LogP contribution in [0, 0.1) is 11.8 Å². The summed E-state index contributed by atoms with van der Waals surface area (Å²) in [5.74, 6) is -3.35. The number of amides is 4. The predicted octanol–water partition coefficient (Wildman–Crippen LogP) is 5.18. The quantitative estimate of drug-likeness (QED) is 0.294. The van der Waals surface area contributed by atoms with Crippen LogP contribution in [-0.4, -0.2) is 51.6 Å². The number of imide groups is 1. The van der Waals surface area contributed by atoms with Gasteiger partial charge in [-0.05, 0) is 41.3 Å². The van der Waals surface area contributed by atoms with Gasteiger partial charge in [-0.15, -0.1) is 0 Å². The molecule has 3 unspecified atom stereocenters. The minimum Gasteiger partial charge on any atom is -0.327 e. The molecule has 3 saturated heterocycles. The second kappa shape index (κ2) is 10.8. The number of nitrogens with zero attached hydrogens (tertiary/aromatic N) is 3. The Balaban J connectivity index is 1.24. The van der Waals surface area contributed by atoms with E-state index >= 15 is 0 Å². The van der Waals surface area contributed by atoms with Crippen molar-refractivity contribution in [1.82, 2.24) is 9.80 Å². The van der Waals surface area contributed by atoms with E-state index in [-0.39, 0.29) is 24.9 Å². The van der Waals surface area contributed by atoms with Crippen LogP contribution in [0.5, 0.6) is 0 Å². The van der Waals surface area contributed by atoms with Crippen LogP contribution in [0.1, 0.15) is 18.1 Å². The van der Waals surface area contributed by atoms with E-state index in [1.165, 1.54) is 14.7 Å². The maximum atomic E-state index is 14.5. The van der Waals surface area contributed by atoms with Gasteiger partial charge in [0.25, 0.3) is 0 Å². The fourth-order valence-corrected chi connectivity index (χ4v) is 7.13. The lowest BCUT2D eigenvalue weighted by Crippen LogP contribution is -2.68. The zero-order valence-electron chi connectivity index (χ0n) is 24.2. The summed E-state index contributed by atoms with van der Waals surface area (Å²) in [6, 6.07) is 35.5. The van der Waals surface area contributed by atoms with Crippen molar-refractivity contribution in [2.75, 3.05) is 11.4 Å². The number of hydrogen-bond acceptors (Lipinski definition) is 4. The van der Waals surface area contributed by atoms with Gasteiger partial charge in [-0.3, -0.25) is 19.2 Å². The molecule has 7 heteroatoms. The molecular formula is C37H31N3O4. The van der Waals surface area contributed by atoms with Crippen molar-refractivity contribution in [2.45, 2.75) is 25.0 Å². The molecule has 7 nitrogen and oxygen atoms in total. The van der Waals surface area contributed by atoms with Crippen LogP contribution >= 0.6 is 0 Å². The molecule has 0 bridgehead atoms. The first-order valence-electron chi connectivity index (χ1n) is 14.8. The van der Waals surface area contributed by atoms with Crippen LogP contribution in [0.3, 0.4) is 0 Å². The van der Waals surface area contributed by atoms with E-state index in [1.807, 2.05) is 97.1 Å². The number of carbonyl (C=O) groups excluding carboxylic acids is 4. The molecule has 0 N–H and O–H groups in total. The van der Waals surface area contributed by atoms with Crippen molar-refractivity contribution in [3.8, 4) is 11.1 Å². The minimum absolute atomic E-state index is 0.130. The Bertz CT molecular complexity index is 1770. The summed E-state index contributed by atoms with van der Waals surface area (Å²) < 4.78 is 0. The lowest BCUT2D eigenvalue weighted by atomic mass is 9.79. The summed E-state index contributed by atoms with van der Waals surface area (Å²) in [6.07, 6.45) is 3.66. The average molecular weight is 582 g/mol. The van der Waals surface area contributed by atoms with E-state index in [1.54, 1.807) is 37.3 Å². The fraction of sp³-hybridized carbons (Fsp3) is 0.189.